The van der Waals surface area contributed by atoms with Crippen molar-refractivity contribution in [2.24, 2.45) is 0 Å². The van der Waals surface area contributed by atoms with Crippen LogP contribution in [0.15, 0.2) is 18.5 Å². The Morgan fingerprint density at radius 2 is 2.00 bits per heavy atom. The zero-order chi connectivity index (χ0) is 6.24. The fraction of sp³-hybridized carbons (Fsp3) is 0. The number of nitrogens with one attached hydrogen (secondary N) is 1. The molecule has 0 aromatic carbocycles. The Hall–Kier alpha value is -0.480. The van der Waals surface area contributed by atoms with Crippen LogP contribution in [0.25, 0.3) is 16.0 Å². The Morgan fingerprint density at radius 3 is 2.11 bits per heavy atom. The molecule has 0 bridgehead atoms. The number of aromatic nitrogens is 2. The molecule has 0 aliphatic rings. The van der Waals surface area contributed by atoms with Crippen molar-refractivity contribution in [3.63, 3.8) is 0 Å². The van der Waals surface area contributed by atoms with Crippen LogP contribution in [0, 0.1) is 0 Å². The van der Waals surface area contributed by atoms with Gasteiger partial charge in [0.25, 0.3) is 0 Å². The van der Waals surface area contributed by atoms with E-state index in [2.05, 4.69) is 10.2 Å². The van der Waals surface area contributed by atoms with Gasteiger partial charge in [-0.2, -0.15) is 5.10 Å². The second-order valence-electron chi connectivity index (χ2n) is 0.856. The molecule has 0 spiro atoms. The van der Waals surface area contributed by atoms with Crippen molar-refractivity contribution in [1.82, 2.24) is 10.2 Å². The third kappa shape index (κ3) is 11.2. The van der Waals surface area contributed by atoms with Gasteiger partial charge in [-0.15, -0.1) is 0 Å². The second-order valence-corrected chi connectivity index (χ2v) is 0.856. The third-order valence-corrected chi connectivity index (χ3v) is 0.406. The van der Waals surface area contributed by atoms with Gasteiger partial charge in [0, 0.05) is 12.4 Å². The Kier molecular flexibility index (Phi) is 13.2. The van der Waals surface area contributed by atoms with E-state index < -0.39 is 0 Å². The maximum absolute atomic E-state index is 6.75. The molecular formula is C3H4N5Na. The van der Waals surface area contributed by atoms with Gasteiger partial charge in [0.1, 0.15) is 0 Å². The van der Waals surface area contributed by atoms with Crippen molar-refractivity contribution < 1.29 is 29.6 Å². The molecule has 5 nitrogen and oxygen atoms in total. The molecule has 1 rings (SSSR count). The summed E-state index contributed by atoms with van der Waals surface area (Å²) in [5.41, 5.74) is 13.5. The summed E-state index contributed by atoms with van der Waals surface area (Å²) in [4.78, 5) is 1.50. The fourth-order valence-electron chi connectivity index (χ4n) is 0.215. The van der Waals surface area contributed by atoms with E-state index in [9.17, 15) is 0 Å². The molecule has 0 radical (unpaired) electrons. The SMILES string of the molecule is [N-]=[N+]=[N-].[Na+].c1cn[nH]c1. The molecule has 0 aliphatic heterocycles. The molecular weight excluding hydrogens is 129 g/mol. The van der Waals surface area contributed by atoms with E-state index in [1.54, 1.807) is 12.4 Å². The van der Waals surface area contributed by atoms with Crippen LogP contribution in [0.1, 0.15) is 0 Å². The van der Waals surface area contributed by atoms with Crippen LogP contribution in [-0.4, -0.2) is 10.2 Å². The fourth-order valence-corrected chi connectivity index (χ4v) is 0.215. The first-order chi connectivity index (χ1) is 3.91. The molecule has 0 unspecified atom stereocenters. The van der Waals surface area contributed by atoms with Crippen LogP contribution in [0.3, 0.4) is 0 Å². The summed E-state index contributed by atoms with van der Waals surface area (Å²) in [6.45, 7) is 0. The van der Waals surface area contributed by atoms with Gasteiger partial charge in [-0.05, 0) is 6.07 Å². The first kappa shape index (κ1) is 11.3. The minimum atomic E-state index is 0. The van der Waals surface area contributed by atoms with Crippen LogP contribution in [0.2, 0.25) is 0 Å². The van der Waals surface area contributed by atoms with E-state index in [-0.39, 0.29) is 29.6 Å². The van der Waals surface area contributed by atoms with Crippen LogP contribution >= 0.6 is 0 Å². The second kappa shape index (κ2) is 10.5. The van der Waals surface area contributed by atoms with E-state index in [0.717, 1.165) is 0 Å². The van der Waals surface area contributed by atoms with E-state index >= 15 is 0 Å². The van der Waals surface area contributed by atoms with Crippen molar-refractivity contribution in [3.05, 3.63) is 34.4 Å². The predicted molar refractivity (Wildman–Crippen MR) is 28.7 cm³/mol. The standard InChI is InChI=1S/C3H4N2.N3.Na/c1-2-4-5-3-1;1-3-2;/h1-3H,(H,4,5);;/q;-1;+1. The van der Waals surface area contributed by atoms with Gasteiger partial charge >= 0.3 is 29.6 Å². The summed E-state index contributed by atoms with van der Waals surface area (Å²) in [7, 11) is 0. The average Bonchev–Trinajstić information content (AvgIpc) is 2.17. The molecule has 42 valence electrons. The molecule has 0 saturated heterocycles. The van der Waals surface area contributed by atoms with Gasteiger partial charge < -0.3 is 11.1 Å². The molecule has 1 aromatic rings. The van der Waals surface area contributed by atoms with Gasteiger partial charge in [0.15, 0.2) is 0 Å². The van der Waals surface area contributed by atoms with Crippen LogP contribution in [-0.2, 0) is 0 Å². The minimum absolute atomic E-state index is 0. The van der Waals surface area contributed by atoms with Gasteiger partial charge in [0.05, 0.1) is 0 Å². The van der Waals surface area contributed by atoms with E-state index in [0.29, 0.717) is 0 Å². The smallest absolute Gasteiger partial charge is 0.373 e. The van der Waals surface area contributed by atoms with Gasteiger partial charge in [-0.25, -0.2) is 0 Å². The molecule has 1 heterocycles. The first-order valence-electron chi connectivity index (χ1n) is 1.84. The van der Waals surface area contributed by atoms with Gasteiger partial charge in [-0.1, -0.05) is 0 Å². The zero-order valence-corrected chi connectivity index (χ0v) is 7.02. The van der Waals surface area contributed by atoms with Crippen LogP contribution < -0.4 is 29.6 Å². The summed E-state index contributed by atoms with van der Waals surface area (Å²) in [6.07, 6.45) is 3.46. The molecule has 1 aromatic heterocycles. The normalized spacial score (nSPS) is 5.33. The number of aromatic amines is 1. The maximum atomic E-state index is 6.75. The summed E-state index contributed by atoms with van der Waals surface area (Å²) < 4.78 is 0. The van der Waals surface area contributed by atoms with Crippen molar-refractivity contribution >= 4 is 0 Å². The minimum Gasteiger partial charge on any atom is -0.373 e. The van der Waals surface area contributed by atoms with Crippen molar-refractivity contribution in [3.8, 4) is 0 Å². The van der Waals surface area contributed by atoms with Crippen molar-refractivity contribution in [2.75, 3.05) is 0 Å². The maximum Gasteiger partial charge on any atom is 1.00 e. The summed E-state index contributed by atoms with van der Waals surface area (Å²) >= 11 is 0. The quantitative estimate of drug-likeness (QED) is 0.194. The van der Waals surface area contributed by atoms with Crippen LogP contribution in [0.5, 0.6) is 0 Å². The Balaban J connectivity index is 0. The largest absolute Gasteiger partial charge is 1.00 e. The Bertz CT molecular complexity index is 124. The van der Waals surface area contributed by atoms with Crippen LogP contribution in [0.4, 0.5) is 0 Å². The van der Waals surface area contributed by atoms with Crippen molar-refractivity contribution in [2.45, 2.75) is 0 Å². The van der Waals surface area contributed by atoms with Crippen molar-refractivity contribution in [1.29, 1.82) is 0 Å². The Labute approximate surface area is 74.2 Å². The molecule has 1 N–H and O–H groups in total. The number of H-pyrrole nitrogens is 1. The number of hydrogen-bond donors (Lipinski definition) is 1. The monoisotopic (exact) mass is 133 g/mol. The number of nitrogens with zero attached hydrogens (tertiary/aromatic N) is 4. The Morgan fingerprint density at radius 1 is 1.44 bits per heavy atom. The molecule has 0 fully saturated rings. The zero-order valence-electron chi connectivity index (χ0n) is 5.02. The van der Waals surface area contributed by atoms with E-state index in [4.69, 9.17) is 11.1 Å². The molecule has 0 atom stereocenters. The first-order valence-corrected chi connectivity index (χ1v) is 1.84. The summed E-state index contributed by atoms with van der Waals surface area (Å²) in [6, 6.07) is 1.83. The molecule has 9 heavy (non-hydrogen) atoms. The predicted octanol–water partition coefficient (Wildman–Crippen LogP) is -1.72. The third-order valence-electron chi connectivity index (χ3n) is 0.406. The van der Waals surface area contributed by atoms with E-state index in [1.165, 1.54) is 4.91 Å². The van der Waals surface area contributed by atoms with Gasteiger partial charge in [0.2, 0.25) is 0 Å². The number of hydrogen-bond acceptors (Lipinski definition) is 1. The molecule has 0 aliphatic carbocycles. The summed E-state index contributed by atoms with van der Waals surface area (Å²) in [5, 5.41) is 6.21. The molecule has 0 saturated carbocycles. The topological polar surface area (TPSA) is 87.4 Å². The van der Waals surface area contributed by atoms with E-state index in [1.807, 2.05) is 6.07 Å². The molecule has 6 heteroatoms. The summed E-state index contributed by atoms with van der Waals surface area (Å²) in [5.74, 6) is 0. The average molecular weight is 133 g/mol. The van der Waals surface area contributed by atoms with Gasteiger partial charge in [-0.3, -0.25) is 10.0 Å². The molecule has 0 amide bonds. The number of rotatable bonds is 0.